The lowest BCUT2D eigenvalue weighted by molar-refractivity contribution is -0.133. The number of amides is 1. The molecule has 2 rings (SSSR count). The predicted octanol–water partition coefficient (Wildman–Crippen LogP) is 0.984. The average molecular weight is 284 g/mol. The number of carbonyl (C=O) groups excluding carboxylic acids is 1. The number of methoxy groups -OCH3 is 1. The van der Waals surface area contributed by atoms with E-state index in [0.717, 1.165) is 77.7 Å². The summed E-state index contributed by atoms with van der Waals surface area (Å²) in [4.78, 5) is 16.6. The molecule has 1 amide bonds. The maximum absolute atomic E-state index is 12.2. The molecule has 2 aliphatic rings. The molecule has 2 aliphatic heterocycles. The van der Waals surface area contributed by atoms with Gasteiger partial charge in [-0.1, -0.05) is 0 Å². The van der Waals surface area contributed by atoms with E-state index in [0.29, 0.717) is 12.3 Å². The third-order valence-electron chi connectivity index (χ3n) is 4.44. The van der Waals surface area contributed by atoms with Crippen LogP contribution in [0.4, 0.5) is 0 Å². The fourth-order valence-electron chi connectivity index (χ4n) is 2.99. The van der Waals surface area contributed by atoms with Gasteiger partial charge in [-0.25, -0.2) is 0 Å². The molecule has 5 heteroatoms. The molecule has 0 spiro atoms. The summed E-state index contributed by atoms with van der Waals surface area (Å²) >= 11 is 0. The minimum atomic E-state index is 0.321. The van der Waals surface area contributed by atoms with Crippen LogP contribution >= 0.6 is 0 Å². The van der Waals surface area contributed by atoms with Gasteiger partial charge < -0.3 is 14.4 Å². The Hall–Kier alpha value is -0.650. The van der Waals surface area contributed by atoms with Crippen LogP contribution in [0.15, 0.2) is 0 Å². The SMILES string of the molecule is COCCC1CCN(C(=O)CCN2CCOCC2)CC1. The summed E-state index contributed by atoms with van der Waals surface area (Å²) in [6.07, 6.45) is 4.05. The molecule has 0 aliphatic carbocycles. The highest BCUT2D eigenvalue weighted by molar-refractivity contribution is 5.76. The van der Waals surface area contributed by atoms with E-state index in [-0.39, 0.29) is 0 Å². The Balaban J connectivity index is 1.61. The van der Waals surface area contributed by atoms with Gasteiger partial charge in [0.15, 0.2) is 0 Å². The summed E-state index contributed by atoms with van der Waals surface area (Å²) in [7, 11) is 1.75. The van der Waals surface area contributed by atoms with E-state index in [2.05, 4.69) is 4.90 Å². The second-order valence-electron chi connectivity index (χ2n) is 5.81. The molecule has 2 fully saturated rings. The van der Waals surface area contributed by atoms with Gasteiger partial charge >= 0.3 is 0 Å². The summed E-state index contributed by atoms with van der Waals surface area (Å²) in [5.41, 5.74) is 0. The van der Waals surface area contributed by atoms with Crippen LogP contribution in [0.1, 0.15) is 25.7 Å². The first-order valence-electron chi connectivity index (χ1n) is 7.86. The van der Waals surface area contributed by atoms with Crippen LogP contribution in [0.2, 0.25) is 0 Å². The number of ether oxygens (including phenoxy) is 2. The van der Waals surface area contributed by atoms with Gasteiger partial charge in [-0.15, -0.1) is 0 Å². The van der Waals surface area contributed by atoms with Crippen molar-refractivity contribution >= 4 is 5.91 Å². The van der Waals surface area contributed by atoms with Crippen LogP contribution in [0.3, 0.4) is 0 Å². The second kappa shape index (κ2) is 8.60. The van der Waals surface area contributed by atoms with Crippen molar-refractivity contribution in [3.63, 3.8) is 0 Å². The number of likely N-dealkylation sites (tertiary alicyclic amines) is 1. The molecular formula is C15H28N2O3. The molecule has 0 radical (unpaired) electrons. The lowest BCUT2D eigenvalue weighted by Gasteiger charge is -2.33. The molecule has 2 saturated heterocycles. The lowest BCUT2D eigenvalue weighted by atomic mass is 9.94. The van der Waals surface area contributed by atoms with Crippen molar-refractivity contribution in [1.29, 1.82) is 0 Å². The molecule has 0 aromatic heterocycles. The van der Waals surface area contributed by atoms with Crippen molar-refractivity contribution in [2.45, 2.75) is 25.7 Å². The van der Waals surface area contributed by atoms with Crippen LogP contribution in [-0.2, 0) is 14.3 Å². The quantitative estimate of drug-likeness (QED) is 0.729. The molecule has 0 aromatic rings. The number of morpholine rings is 1. The van der Waals surface area contributed by atoms with Gasteiger partial charge in [0.25, 0.3) is 0 Å². The van der Waals surface area contributed by atoms with E-state index < -0.39 is 0 Å². The Morgan fingerprint density at radius 2 is 1.90 bits per heavy atom. The first kappa shape index (κ1) is 15.7. The Morgan fingerprint density at radius 3 is 2.55 bits per heavy atom. The number of piperidine rings is 1. The van der Waals surface area contributed by atoms with Crippen molar-refractivity contribution in [3.8, 4) is 0 Å². The smallest absolute Gasteiger partial charge is 0.223 e. The van der Waals surface area contributed by atoms with Gasteiger partial charge in [-0.3, -0.25) is 9.69 Å². The molecule has 116 valence electrons. The highest BCUT2D eigenvalue weighted by Crippen LogP contribution is 2.20. The maximum Gasteiger partial charge on any atom is 0.223 e. The van der Waals surface area contributed by atoms with E-state index in [1.807, 2.05) is 4.90 Å². The topological polar surface area (TPSA) is 42.0 Å². The van der Waals surface area contributed by atoms with Crippen LogP contribution in [-0.4, -0.2) is 75.4 Å². The van der Waals surface area contributed by atoms with Gasteiger partial charge in [0.05, 0.1) is 13.2 Å². The number of rotatable bonds is 6. The largest absolute Gasteiger partial charge is 0.385 e. The molecule has 0 aromatic carbocycles. The molecule has 0 atom stereocenters. The van der Waals surface area contributed by atoms with Gasteiger partial charge in [0.1, 0.15) is 0 Å². The normalized spacial score (nSPS) is 22.1. The first-order chi connectivity index (χ1) is 9.79. The maximum atomic E-state index is 12.2. The zero-order valence-electron chi connectivity index (χ0n) is 12.7. The first-order valence-corrected chi connectivity index (χ1v) is 7.86. The Labute approximate surface area is 122 Å². The van der Waals surface area contributed by atoms with Crippen molar-refractivity contribution in [3.05, 3.63) is 0 Å². The zero-order chi connectivity index (χ0) is 14.2. The van der Waals surface area contributed by atoms with Crippen molar-refractivity contribution < 1.29 is 14.3 Å². The second-order valence-corrected chi connectivity index (χ2v) is 5.81. The number of carbonyl (C=O) groups is 1. The Bertz CT molecular complexity index is 285. The van der Waals surface area contributed by atoms with Crippen LogP contribution in [0.5, 0.6) is 0 Å². The average Bonchev–Trinajstić information content (AvgIpc) is 2.52. The standard InChI is InChI=1S/C15H28N2O3/c1-19-11-5-14-2-7-17(8-3-14)15(18)4-6-16-9-12-20-13-10-16/h14H,2-13H2,1H3. The van der Waals surface area contributed by atoms with Gasteiger partial charge in [-0.2, -0.15) is 0 Å². The van der Waals surface area contributed by atoms with Crippen LogP contribution in [0.25, 0.3) is 0 Å². The third-order valence-corrected chi connectivity index (χ3v) is 4.44. The number of hydrogen-bond donors (Lipinski definition) is 0. The number of hydrogen-bond acceptors (Lipinski definition) is 4. The van der Waals surface area contributed by atoms with Crippen molar-refractivity contribution in [2.24, 2.45) is 5.92 Å². The van der Waals surface area contributed by atoms with E-state index in [1.165, 1.54) is 0 Å². The van der Waals surface area contributed by atoms with E-state index >= 15 is 0 Å². The molecule has 0 N–H and O–H groups in total. The summed E-state index contributed by atoms with van der Waals surface area (Å²) in [6.45, 7) is 7.12. The summed E-state index contributed by atoms with van der Waals surface area (Å²) < 4.78 is 10.4. The van der Waals surface area contributed by atoms with Crippen LogP contribution < -0.4 is 0 Å². The summed E-state index contributed by atoms with van der Waals surface area (Å²) in [6, 6.07) is 0. The number of nitrogens with zero attached hydrogens (tertiary/aromatic N) is 2. The van der Waals surface area contributed by atoms with Crippen LogP contribution in [0, 0.1) is 5.92 Å². The third kappa shape index (κ3) is 5.04. The molecular weight excluding hydrogens is 256 g/mol. The highest BCUT2D eigenvalue weighted by atomic mass is 16.5. The Morgan fingerprint density at radius 1 is 1.20 bits per heavy atom. The zero-order valence-corrected chi connectivity index (χ0v) is 12.7. The molecule has 2 heterocycles. The van der Waals surface area contributed by atoms with Crippen molar-refractivity contribution in [2.75, 3.05) is 59.7 Å². The van der Waals surface area contributed by atoms with E-state index in [9.17, 15) is 4.79 Å². The van der Waals surface area contributed by atoms with Gasteiger partial charge in [0.2, 0.25) is 5.91 Å². The van der Waals surface area contributed by atoms with E-state index in [4.69, 9.17) is 9.47 Å². The monoisotopic (exact) mass is 284 g/mol. The fraction of sp³-hybridized carbons (Fsp3) is 0.933. The van der Waals surface area contributed by atoms with Crippen molar-refractivity contribution in [1.82, 2.24) is 9.80 Å². The Kier molecular flexibility index (Phi) is 6.76. The lowest BCUT2D eigenvalue weighted by Crippen LogP contribution is -2.42. The molecule has 5 nitrogen and oxygen atoms in total. The van der Waals surface area contributed by atoms with Gasteiger partial charge in [0, 0.05) is 52.9 Å². The van der Waals surface area contributed by atoms with Gasteiger partial charge in [-0.05, 0) is 25.2 Å². The highest BCUT2D eigenvalue weighted by Gasteiger charge is 2.23. The molecule has 0 saturated carbocycles. The molecule has 0 bridgehead atoms. The minimum absolute atomic E-state index is 0.321. The van der Waals surface area contributed by atoms with E-state index in [1.54, 1.807) is 7.11 Å². The minimum Gasteiger partial charge on any atom is -0.385 e. The summed E-state index contributed by atoms with van der Waals surface area (Å²) in [5, 5.41) is 0. The predicted molar refractivity (Wildman–Crippen MR) is 77.7 cm³/mol. The summed E-state index contributed by atoms with van der Waals surface area (Å²) in [5.74, 6) is 1.06. The molecule has 20 heavy (non-hydrogen) atoms. The fourth-order valence-corrected chi connectivity index (χ4v) is 2.99. The molecule has 0 unspecified atom stereocenters.